The molecule has 2 aromatic heterocycles. The molecule has 3 aromatic rings. The van der Waals surface area contributed by atoms with Gasteiger partial charge in [0.05, 0.1) is 0 Å². The Balaban J connectivity index is 1.52. The number of hydrogen-bond acceptors (Lipinski definition) is 3. The van der Waals surface area contributed by atoms with E-state index in [1.807, 2.05) is 42.5 Å². The number of imidazole rings is 1. The van der Waals surface area contributed by atoms with Crippen molar-refractivity contribution in [2.75, 3.05) is 6.54 Å². The molecule has 1 amide bonds. The predicted octanol–water partition coefficient (Wildman–Crippen LogP) is 2.74. The summed E-state index contributed by atoms with van der Waals surface area (Å²) in [6.45, 7) is 3.50. The monoisotopic (exact) mass is 322 g/mol. The molecule has 0 radical (unpaired) electrons. The summed E-state index contributed by atoms with van der Waals surface area (Å²) in [5.74, 6) is 1.05. The average Bonchev–Trinajstić information content (AvgIpc) is 2.98. The molecule has 5 heteroatoms. The topological polar surface area (TPSA) is 59.8 Å². The Morgan fingerprint density at radius 3 is 2.75 bits per heavy atom. The fourth-order valence-corrected chi connectivity index (χ4v) is 2.83. The van der Waals surface area contributed by atoms with Gasteiger partial charge in [-0.1, -0.05) is 30.3 Å². The van der Waals surface area contributed by atoms with Crippen molar-refractivity contribution in [1.82, 2.24) is 19.9 Å². The second kappa shape index (κ2) is 7.73. The van der Waals surface area contributed by atoms with E-state index in [9.17, 15) is 4.79 Å². The van der Waals surface area contributed by atoms with E-state index in [0.717, 1.165) is 30.0 Å². The molecule has 1 aromatic carbocycles. The van der Waals surface area contributed by atoms with Crippen LogP contribution in [0.3, 0.4) is 0 Å². The Morgan fingerprint density at radius 1 is 1.12 bits per heavy atom. The molecular formula is C19H22N4O. The first kappa shape index (κ1) is 16.2. The van der Waals surface area contributed by atoms with Crippen LogP contribution in [0.5, 0.6) is 0 Å². The number of nitrogens with zero attached hydrogens (tertiary/aromatic N) is 3. The smallest absolute Gasteiger partial charge is 0.220 e. The minimum absolute atomic E-state index is 0.0798. The Bertz CT molecular complexity index is 811. The van der Waals surface area contributed by atoms with Gasteiger partial charge in [-0.2, -0.15) is 0 Å². The summed E-state index contributed by atoms with van der Waals surface area (Å²) in [6, 6.07) is 13.9. The highest BCUT2D eigenvalue weighted by Crippen LogP contribution is 2.13. The number of pyridine rings is 1. The molecule has 1 N–H and O–H groups in total. The lowest BCUT2D eigenvalue weighted by molar-refractivity contribution is -0.121. The van der Waals surface area contributed by atoms with E-state index in [2.05, 4.69) is 26.8 Å². The van der Waals surface area contributed by atoms with Crippen LogP contribution >= 0.6 is 0 Å². The zero-order chi connectivity index (χ0) is 16.8. The lowest BCUT2D eigenvalue weighted by atomic mass is 10.1. The number of benzene rings is 1. The average molecular weight is 322 g/mol. The SMILES string of the molecule is CCn1c(CCNC(=O)CCc2ccccc2)nc2cccnc21. The van der Waals surface area contributed by atoms with Gasteiger partial charge in [-0.05, 0) is 31.0 Å². The van der Waals surface area contributed by atoms with Crippen LogP contribution in [0.4, 0.5) is 0 Å². The van der Waals surface area contributed by atoms with Gasteiger partial charge in [0.1, 0.15) is 11.3 Å². The maximum Gasteiger partial charge on any atom is 0.220 e. The summed E-state index contributed by atoms with van der Waals surface area (Å²) in [5.41, 5.74) is 3.00. The number of nitrogens with one attached hydrogen (secondary N) is 1. The molecule has 0 saturated heterocycles. The number of fused-ring (bicyclic) bond motifs is 1. The van der Waals surface area contributed by atoms with E-state index in [-0.39, 0.29) is 5.91 Å². The summed E-state index contributed by atoms with van der Waals surface area (Å²) in [5, 5.41) is 2.98. The summed E-state index contributed by atoms with van der Waals surface area (Å²) < 4.78 is 2.10. The van der Waals surface area contributed by atoms with Crippen molar-refractivity contribution in [3.63, 3.8) is 0 Å². The molecule has 0 spiro atoms. The fourth-order valence-electron chi connectivity index (χ4n) is 2.83. The predicted molar refractivity (Wildman–Crippen MR) is 94.7 cm³/mol. The van der Waals surface area contributed by atoms with E-state index in [4.69, 9.17) is 0 Å². The number of amides is 1. The summed E-state index contributed by atoms with van der Waals surface area (Å²) >= 11 is 0. The first-order valence-corrected chi connectivity index (χ1v) is 8.38. The van der Waals surface area contributed by atoms with Crippen molar-refractivity contribution in [2.24, 2.45) is 0 Å². The van der Waals surface area contributed by atoms with Gasteiger partial charge < -0.3 is 9.88 Å². The van der Waals surface area contributed by atoms with Crippen LogP contribution in [0.1, 0.15) is 24.7 Å². The molecule has 24 heavy (non-hydrogen) atoms. The molecule has 0 bridgehead atoms. The van der Waals surface area contributed by atoms with Crippen molar-refractivity contribution in [2.45, 2.75) is 32.7 Å². The van der Waals surface area contributed by atoms with Crippen LogP contribution in [0.15, 0.2) is 48.7 Å². The van der Waals surface area contributed by atoms with Crippen molar-refractivity contribution < 1.29 is 4.79 Å². The van der Waals surface area contributed by atoms with Crippen LogP contribution in [0, 0.1) is 0 Å². The second-order valence-electron chi connectivity index (χ2n) is 5.70. The molecule has 0 saturated carbocycles. The molecule has 124 valence electrons. The molecule has 0 atom stereocenters. The van der Waals surface area contributed by atoms with Gasteiger partial charge in [-0.3, -0.25) is 4.79 Å². The van der Waals surface area contributed by atoms with Gasteiger partial charge in [0.25, 0.3) is 0 Å². The van der Waals surface area contributed by atoms with Gasteiger partial charge in [0, 0.05) is 32.1 Å². The van der Waals surface area contributed by atoms with E-state index in [1.165, 1.54) is 5.56 Å². The second-order valence-corrected chi connectivity index (χ2v) is 5.70. The van der Waals surface area contributed by atoms with Gasteiger partial charge >= 0.3 is 0 Å². The number of aryl methyl sites for hydroxylation is 2. The zero-order valence-electron chi connectivity index (χ0n) is 13.9. The highest BCUT2D eigenvalue weighted by Gasteiger charge is 2.10. The van der Waals surface area contributed by atoms with Crippen LogP contribution in [-0.4, -0.2) is 27.0 Å². The Morgan fingerprint density at radius 2 is 1.96 bits per heavy atom. The third-order valence-electron chi connectivity index (χ3n) is 4.05. The minimum Gasteiger partial charge on any atom is -0.356 e. The lowest BCUT2D eigenvalue weighted by Crippen LogP contribution is -2.26. The molecule has 2 heterocycles. The minimum atomic E-state index is 0.0798. The Hall–Kier alpha value is -2.69. The highest BCUT2D eigenvalue weighted by atomic mass is 16.1. The first-order valence-electron chi connectivity index (χ1n) is 8.38. The summed E-state index contributed by atoms with van der Waals surface area (Å²) in [4.78, 5) is 21.0. The van der Waals surface area contributed by atoms with Gasteiger partial charge in [0.2, 0.25) is 5.91 Å². The van der Waals surface area contributed by atoms with Gasteiger partial charge in [0.15, 0.2) is 5.65 Å². The van der Waals surface area contributed by atoms with Gasteiger partial charge in [-0.15, -0.1) is 0 Å². The number of rotatable bonds is 7. The van der Waals surface area contributed by atoms with E-state index in [0.29, 0.717) is 19.4 Å². The third kappa shape index (κ3) is 3.79. The lowest BCUT2D eigenvalue weighted by Gasteiger charge is -2.07. The molecule has 0 unspecified atom stereocenters. The van der Waals surface area contributed by atoms with Crippen LogP contribution in [-0.2, 0) is 24.2 Å². The molecular weight excluding hydrogens is 300 g/mol. The maximum absolute atomic E-state index is 12.0. The summed E-state index contributed by atoms with van der Waals surface area (Å²) in [6.07, 6.45) is 3.77. The number of hydrogen-bond donors (Lipinski definition) is 1. The first-order chi connectivity index (χ1) is 11.8. The number of carbonyl (C=O) groups is 1. The van der Waals surface area contributed by atoms with Gasteiger partial charge in [-0.25, -0.2) is 9.97 Å². The fraction of sp³-hybridized carbons (Fsp3) is 0.316. The van der Waals surface area contributed by atoms with Crippen LogP contribution in [0.2, 0.25) is 0 Å². The molecule has 0 aliphatic carbocycles. The van der Waals surface area contributed by atoms with Crippen LogP contribution in [0.25, 0.3) is 11.2 Å². The summed E-state index contributed by atoms with van der Waals surface area (Å²) in [7, 11) is 0. The van der Waals surface area contributed by atoms with E-state index < -0.39 is 0 Å². The van der Waals surface area contributed by atoms with E-state index >= 15 is 0 Å². The van der Waals surface area contributed by atoms with Crippen molar-refractivity contribution in [1.29, 1.82) is 0 Å². The molecule has 0 aliphatic heterocycles. The highest BCUT2D eigenvalue weighted by molar-refractivity contribution is 5.76. The van der Waals surface area contributed by atoms with E-state index in [1.54, 1.807) is 6.20 Å². The third-order valence-corrected chi connectivity index (χ3v) is 4.05. The number of carbonyl (C=O) groups excluding carboxylic acids is 1. The normalized spacial score (nSPS) is 10.9. The number of aromatic nitrogens is 3. The maximum atomic E-state index is 12.0. The zero-order valence-corrected chi connectivity index (χ0v) is 13.9. The van der Waals surface area contributed by atoms with Crippen molar-refractivity contribution in [3.8, 4) is 0 Å². The quantitative estimate of drug-likeness (QED) is 0.727. The van der Waals surface area contributed by atoms with Crippen molar-refractivity contribution >= 4 is 17.1 Å². The Labute approximate surface area is 141 Å². The molecule has 0 fully saturated rings. The standard InChI is InChI=1S/C19H22N4O/c1-2-23-17(22-16-9-6-13-21-19(16)23)12-14-20-18(24)11-10-15-7-4-3-5-8-15/h3-9,13H,2,10-12,14H2,1H3,(H,20,24). The van der Waals surface area contributed by atoms with Crippen molar-refractivity contribution in [3.05, 3.63) is 60.0 Å². The molecule has 3 rings (SSSR count). The molecule has 0 aliphatic rings. The molecule has 5 nitrogen and oxygen atoms in total. The largest absolute Gasteiger partial charge is 0.356 e. The van der Waals surface area contributed by atoms with Crippen LogP contribution < -0.4 is 5.32 Å². The Kier molecular flexibility index (Phi) is 5.21.